The molecule has 2 rings (SSSR count). The molecule has 0 aromatic heterocycles. The number of amides is 1. The van der Waals surface area contributed by atoms with Crippen LogP contribution in [0.1, 0.15) is 31.2 Å². The normalized spacial score (nSPS) is 21.9. The van der Waals surface area contributed by atoms with Crippen molar-refractivity contribution in [1.29, 1.82) is 0 Å². The van der Waals surface area contributed by atoms with Gasteiger partial charge in [-0.3, -0.25) is 4.79 Å². The summed E-state index contributed by atoms with van der Waals surface area (Å²) in [6, 6.07) is 8.26. The van der Waals surface area contributed by atoms with E-state index in [9.17, 15) is 4.79 Å². The summed E-state index contributed by atoms with van der Waals surface area (Å²) >= 11 is 0. The number of benzene rings is 1. The van der Waals surface area contributed by atoms with Crippen LogP contribution in [0, 0.1) is 0 Å². The van der Waals surface area contributed by atoms with Gasteiger partial charge in [-0.1, -0.05) is 24.3 Å². The number of rotatable bonds is 6. The quantitative estimate of drug-likeness (QED) is 0.484. The van der Waals surface area contributed by atoms with E-state index in [1.54, 1.807) is 7.11 Å². The first kappa shape index (κ1) is 13.7. The van der Waals surface area contributed by atoms with Crippen LogP contribution in [0.2, 0.25) is 0 Å². The van der Waals surface area contributed by atoms with E-state index in [2.05, 4.69) is 29.6 Å². The molecule has 0 radical (unpaired) electrons. The predicted octanol–water partition coefficient (Wildman–Crippen LogP) is 2.81. The van der Waals surface area contributed by atoms with Crippen molar-refractivity contribution >= 4 is 6.41 Å². The molecule has 1 aromatic rings. The monoisotopic (exact) mass is 259 g/mol. The highest BCUT2D eigenvalue weighted by molar-refractivity contribution is 5.46. The lowest BCUT2D eigenvalue weighted by Gasteiger charge is -2.34. The Morgan fingerprint density at radius 2 is 2.37 bits per heavy atom. The van der Waals surface area contributed by atoms with Crippen molar-refractivity contribution in [2.45, 2.75) is 31.1 Å². The summed E-state index contributed by atoms with van der Waals surface area (Å²) in [5, 5.41) is 2.77. The Hall–Kier alpha value is -1.77. The molecule has 1 aliphatic rings. The highest BCUT2D eigenvalue weighted by Crippen LogP contribution is 2.39. The minimum Gasteiger partial charge on any atom is -0.497 e. The molecule has 1 aliphatic carbocycles. The van der Waals surface area contributed by atoms with Crippen LogP contribution < -0.4 is 10.1 Å². The molecule has 0 fully saturated rings. The number of carbonyl (C=O) groups is 1. The van der Waals surface area contributed by atoms with Crippen molar-refractivity contribution in [3.8, 4) is 5.75 Å². The number of carbonyl (C=O) groups excluding carboxylic acids is 1. The third kappa shape index (κ3) is 3.16. The number of methoxy groups -OCH3 is 1. The molecule has 1 amide bonds. The van der Waals surface area contributed by atoms with Crippen LogP contribution in [-0.4, -0.2) is 20.1 Å². The fourth-order valence-corrected chi connectivity index (χ4v) is 2.81. The average molecular weight is 259 g/mol. The number of nitrogens with one attached hydrogen (secondary N) is 1. The second-order valence-electron chi connectivity index (χ2n) is 5.00. The SMILES string of the molecule is COc1cccc(C2(CCNC=O)C=CCCC2)c1. The summed E-state index contributed by atoms with van der Waals surface area (Å²) in [6.45, 7) is 0.699. The molecule has 0 saturated heterocycles. The zero-order chi connectivity index (χ0) is 13.6. The smallest absolute Gasteiger partial charge is 0.207 e. The van der Waals surface area contributed by atoms with Gasteiger partial charge in [0.15, 0.2) is 0 Å². The Morgan fingerprint density at radius 3 is 3.05 bits per heavy atom. The Bertz CT molecular complexity index is 456. The fraction of sp³-hybridized carbons (Fsp3) is 0.438. The van der Waals surface area contributed by atoms with E-state index in [0.29, 0.717) is 6.54 Å². The molecule has 0 saturated carbocycles. The Morgan fingerprint density at radius 1 is 1.47 bits per heavy atom. The lowest BCUT2D eigenvalue weighted by atomic mass is 9.71. The van der Waals surface area contributed by atoms with Gasteiger partial charge in [-0.25, -0.2) is 0 Å². The summed E-state index contributed by atoms with van der Waals surface area (Å²) in [5.74, 6) is 0.888. The van der Waals surface area contributed by atoms with Gasteiger partial charge in [0.2, 0.25) is 6.41 Å². The zero-order valence-electron chi connectivity index (χ0n) is 11.4. The number of ether oxygens (including phenoxy) is 1. The minimum absolute atomic E-state index is 0.0306. The van der Waals surface area contributed by atoms with Gasteiger partial charge in [0.25, 0.3) is 0 Å². The van der Waals surface area contributed by atoms with E-state index in [-0.39, 0.29) is 5.41 Å². The van der Waals surface area contributed by atoms with Crippen LogP contribution in [0.3, 0.4) is 0 Å². The lowest BCUT2D eigenvalue weighted by Crippen LogP contribution is -2.30. The van der Waals surface area contributed by atoms with Gasteiger partial charge in [0.05, 0.1) is 7.11 Å². The summed E-state index contributed by atoms with van der Waals surface area (Å²) in [6.07, 6.45) is 9.71. The number of allylic oxidation sites excluding steroid dienone is 2. The van der Waals surface area contributed by atoms with Crippen LogP contribution in [-0.2, 0) is 10.2 Å². The van der Waals surface area contributed by atoms with Gasteiger partial charge in [-0.05, 0) is 43.4 Å². The average Bonchev–Trinajstić information content (AvgIpc) is 2.48. The van der Waals surface area contributed by atoms with Crippen LogP contribution in [0.25, 0.3) is 0 Å². The van der Waals surface area contributed by atoms with Crippen molar-refractivity contribution in [1.82, 2.24) is 5.32 Å². The van der Waals surface area contributed by atoms with Crippen LogP contribution in [0.15, 0.2) is 36.4 Å². The predicted molar refractivity (Wildman–Crippen MR) is 76.3 cm³/mol. The first-order chi connectivity index (χ1) is 9.30. The maximum atomic E-state index is 10.4. The van der Waals surface area contributed by atoms with Crippen LogP contribution >= 0.6 is 0 Å². The standard InChI is InChI=1S/C16H21NO2/c1-19-15-7-5-6-14(12-15)16(10-11-17-13-18)8-3-2-4-9-16/h3,5-8,12-13H,2,4,9-11H2,1H3,(H,17,18). The molecule has 19 heavy (non-hydrogen) atoms. The molecule has 0 aliphatic heterocycles. The van der Waals surface area contributed by atoms with E-state index in [1.165, 1.54) is 12.0 Å². The Balaban J connectivity index is 2.27. The summed E-state index contributed by atoms with van der Waals surface area (Å²) in [5.41, 5.74) is 1.30. The van der Waals surface area contributed by atoms with Crippen molar-refractivity contribution < 1.29 is 9.53 Å². The molecule has 3 heteroatoms. The summed E-state index contributed by atoms with van der Waals surface area (Å²) in [7, 11) is 1.69. The van der Waals surface area contributed by atoms with E-state index in [4.69, 9.17) is 4.74 Å². The summed E-state index contributed by atoms with van der Waals surface area (Å²) in [4.78, 5) is 10.4. The maximum absolute atomic E-state index is 10.4. The third-order valence-corrected chi connectivity index (χ3v) is 3.87. The first-order valence-corrected chi connectivity index (χ1v) is 6.80. The van der Waals surface area contributed by atoms with Gasteiger partial charge in [-0.2, -0.15) is 0 Å². The topological polar surface area (TPSA) is 38.3 Å². The third-order valence-electron chi connectivity index (χ3n) is 3.87. The van der Waals surface area contributed by atoms with Crippen LogP contribution in [0.4, 0.5) is 0 Å². The van der Waals surface area contributed by atoms with Crippen molar-refractivity contribution in [3.63, 3.8) is 0 Å². The first-order valence-electron chi connectivity index (χ1n) is 6.80. The molecule has 0 heterocycles. The molecule has 0 bridgehead atoms. The van der Waals surface area contributed by atoms with E-state index >= 15 is 0 Å². The molecular weight excluding hydrogens is 238 g/mol. The van der Waals surface area contributed by atoms with E-state index in [0.717, 1.165) is 31.4 Å². The molecule has 1 unspecified atom stereocenters. The van der Waals surface area contributed by atoms with Gasteiger partial charge in [0.1, 0.15) is 5.75 Å². The molecule has 1 atom stereocenters. The van der Waals surface area contributed by atoms with E-state index < -0.39 is 0 Å². The Kier molecular flexibility index (Phi) is 4.61. The molecule has 3 nitrogen and oxygen atoms in total. The molecule has 0 spiro atoms. The summed E-state index contributed by atoms with van der Waals surface area (Å²) < 4.78 is 5.32. The maximum Gasteiger partial charge on any atom is 0.207 e. The van der Waals surface area contributed by atoms with Crippen molar-refractivity contribution in [2.75, 3.05) is 13.7 Å². The fourth-order valence-electron chi connectivity index (χ4n) is 2.81. The largest absolute Gasteiger partial charge is 0.497 e. The second-order valence-corrected chi connectivity index (χ2v) is 5.00. The second kappa shape index (κ2) is 6.41. The highest BCUT2D eigenvalue weighted by Gasteiger charge is 2.30. The van der Waals surface area contributed by atoms with Gasteiger partial charge < -0.3 is 10.1 Å². The zero-order valence-corrected chi connectivity index (χ0v) is 11.4. The van der Waals surface area contributed by atoms with Crippen LogP contribution in [0.5, 0.6) is 5.75 Å². The Labute approximate surface area is 114 Å². The molecule has 1 aromatic carbocycles. The highest BCUT2D eigenvalue weighted by atomic mass is 16.5. The number of hydrogen-bond acceptors (Lipinski definition) is 2. The molecular formula is C16H21NO2. The number of hydrogen-bond donors (Lipinski definition) is 1. The lowest BCUT2D eigenvalue weighted by molar-refractivity contribution is -0.109. The minimum atomic E-state index is 0.0306. The van der Waals surface area contributed by atoms with Gasteiger partial charge >= 0.3 is 0 Å². The molecule has 102 valence electrons. The molecule has 1 N–H and O–H groups in total. The van der Waals surface area contributed by atoms with Gasteiger partial charge in [-0.15, -0.1) is 0 Å². The van der Waals surface area contributed by atoms with Crippen molar-refractivity contribution in [2.24, 2.45) is 0 Å². The van der Waals surface area contributed by atoms with E-state index in [1.807, 2.05) is 12.1 Å². The van der Waals surface area contributed by atoms with Gasteiger partial charge in [0, 0.05) is 12.0 Å². The van der Waals surface area contributed by atoms with Crippen molar-refractivity contribution in [3.05, 3.63) is 42.0 Å².